The number of pyridine rings is 2. The summed E-state index contributed by atoms with van der Waals surface area (Å²) in [6.45, 7) is 3.85. The number of hydrogen-bond acceptors (Lipinski definition) is 4. The summed E-state index contributed by atoms with van der Waals surface area (Å²) in [7, 11) is 1.89. The van der Waals surface area contributed by atoms with Crippen molar-refractivity contribution in [3.05, 3.63) is 47.4 Å². The molecular weight excluding hydrogens is 224 g/mol. The Morgan fingerprint density at radius 2 is 2.11 bits per heavy atom. The average molecular weight is 238 g/mol. The average Bonchev–Trinajstić information content (AvgIpc) is 2.38. The number of hydrogen-bond donors (Lipinski definition) is 0. The summed E-state index contributed by atoms with van der Waals surface area (Å²) in [5.41, 5.74) is 3.35. The lowest BCUT2D eigenvalue weighted by molar-refractivity contribution is 1.06. The Kier molecular flexibility index (Phi) is 3.24. The number of nitriles is 1. The van der Waals surface area contributed by atoms with Gasteiger partial charge in [0, 0.05) is 18.9 Å². The minimum atomic E-state index is 0.604. The Bertz CT molecular complexity index is 599. The summed E-state index contributed by atoms with van der Waals surface area (Å²) >= 11 is 0. The molecule has 4 nitrogen and oxygen atoms in total. The SMILES string of the molecule is Cc1cc(C)c(C#N)c(N(C)c2cccnc2)n1. The van der Waals surface area contributed by atoms with Gasteiger partial charge in [-0.25, -0.2) is 4.98 Å². The molecule has 0 fully saturated rings. The molecule has 4 heteroatoms. The van der Waals surface area contributed by atoms with Gasteiger partial charge in [-0.3, -0.25) is 4.98 Å². The number of anilines is 2. The van der Waals surface area contributed by atoms with Crippen LogP contribution in [-0.2, 0) is 0 Å². The van der Waals surface area contributed by atoms with Crippen molar-refractivity contribution in [2.24, 2.45) is 0 Å². The van der Waals surface area contributed by atoms with Crippen LogP contribution in [-0.4, -0.2) is 17.0 Å². The Morgan fingerprint density at radius 1 is 1.33 bits per heavy atom. The van der Waals surface area contributed by atoms with Crippen molar-refractivity contribution in [1.29, 1.82) is 5.26 Å². The van der Waals surface area contributed by atoms with E-state index in [0.717, 1.165) is 16.9 Å². The molecule has 18 heavy (non-hydrogen) atoms. The van der Waals surface area contributed by atoms with Crippen LogP contribution in [0.2, 0.25) is 0 Å². The quantitative estimate of drug-likeness (QED) is 0.807. The fraction of sp³-hybridized carbons (Fsp3) is 0.214. The minimum Gasteiger partial charge on any atom is -0.327 e. The Hall–Kier alpha value is -2.41. The molecule has 0 saturated carbocycles. The second-order valence-electron chi connectivity index (χ2n) is 4.16. The molecule has 0 N–H and O–H groups in total. The van der Waals surface area contributed by atoms with Gasteiger partial charge in [0.25, 0.3) is 0 Å². The molecule has 0 aliphatic rings. The van der Waals surface area contributed by atoms with Crippen LogP contribution in [0.1, 0.15) is 16.8 Å². The van der Waals surface area contributed by atoms with E-state index in [1.807, 2.05) is 44.0 Å². The molecule has 0 amide bonds. The lowest BCUT2D eigenvalue weighted by Gasteiger charge is -2.20. The molecule has 2 aromatic heterocycles. The molecule has 0 bridgehead atoms. The summed E-state index contributed by atoms with van der Waals surface area (Å²) in [6.07, 6.45) is 3.47. The molecule has 0 spiro atoms. The largest absolute Gasteiger partial charge is 0.327 e. The maximum Gasteiger partial charge on any atom is 0.151 e. The van der Waals surface area contributed by atoms with Crippen LogP contribution in [0.5, 0.6) is 0 Å². The number of rotatable bonds is 2. The van der Waals surface area contributed by atoms with E-state index in [-0.39, 0.29) is 0 Å². The van der Waals surface area contributed by atoms with Crippen molar-refractivity contribution < 1.29 is 0 Å². The van der Waals surface area contributed by atoms with Crippen LogP contribution in [0.15, 0.2) is 30.6 Å². The van der Waals surface area contributed by atoms with Crippen molar-refractivity contribution in [2.75, 3.05) is 11.9 Å². The molecule has 0 aliphatic carbocycles. The van der Waals surface area contributed by atoms with Crippen LogP contribution in [0.25, 0.3) is 0 Å². The van der Waals surface area contributed by atoms with Crippen molar-refractivity contribution >= 4 is 11.5 Å². The van der Waals surface area contributed by atoms with E-state index in [1.165, 1.54) is 0 Å². The summed E-state index contributed by atoms with van der Waals surface area (Å²) in [5, 5.41) is 9.25. The lowest BCUT2D eigenvalue weighted by atomic mass is 10.1. The summed E-state index contributed by atoms with van der Waals surface area (Å²) in [6, 6.07) is 7.93. The van der Waals surface area contributed by atoms with Crippen LogP contribution in [0, 0.1) is 25.2 Å². The van der Waals surface area contributed by atoms with E-state index in [4.69, 9.17) is 0 Å². The zero-order valence-electron chi connectivity index (χ0n) is 10.7. The van der Waals surface area contributed by atoms with Crippen molar-refractivity contribution in [1.82, 2.24) is 9.97 Å². The molecule has 2 rings (SSSR count). The van der Waals surface area contributed by atoms with E-state index in [2.05, 4.69) is 16.0 Å². The molecule has 2 aromatic rings. The first kappa shape index (κ1) is 12.1. The molecule has 2 heterocycles. The van der Waals surface area contributed by atoms with E-state index in [1.54, 1.807) is 12.4 Å². The number of aryl methyl sites for hydroxylation is 2. The molecule has 90 valence electrons. The Morgan fingerprint density at radius 3 is 2.72 bits per heavy atom. The maximum atomic E-state index is 9.25. The smallest absolute Gasteiger partial charge is 0.151 e. The normalized spacial score (nSPS) is 9.89. The molecular formula is C14H14N4. The van der Waals surface area contributed by atoms with Crippen LogP contribution < -0.4 is 4.90 Å². The van der Waals surface area contributed by atoms with E-state index in [9.17, 15) is 5.26 Å². The molecule has 0 aliphatic heterocycles. The minimum absolute atomic E-state index is 0.604. The van der Waals surface area contributed by atoms with Gasteiger partial charge < -0.3 is 4.90 Å². The van der Waals surface area contributed by atoms with Gasteiger partial charge in [-0.1, -0.05) is 0 Å². The third kappa shape index (κ3) is 2.16. The predicted molar refractivity (Wildman–Crippen MR) is 70.7 cm³/mol. The van der Waals surface area contributed by atoms with E-state index >= 15 is 0 Å². The second kappa shape index (κ2) is 4.84. The lowest BCUT2D eigenvalue weighted by Crippen LogP contribution is -2.14. The Balaban J connectivity index is 2.55. The van der Waals surface area contributed by atoms with Gasteiger partial charge in [0.2, 0.25) is 0 Å². The first-order chi connectivity index (χ1) is 8.63. The number of nitrogens with zero attached hydrogens (tertiary/aromatic N) is 4. The Labute approximate surface area is 107 Å². The third-order valence-corrected chi connectivity index (χ3v) is 2.79. The highest BCUT2D eigenvalue weighted by Crippen LogP contribution is 2.26. The first-order valence-electron chi connectivity index (χ1n) is 5.65. The highest BCUT2D eigenvalue weighted by molar-refractivity contribution is 5.66. The van der Waals surface area contributed by atoms with Gasteiger partial charge in [0.05, 0.1) is 17.4 Å². The third-order valence-electron chi connectivity index (χ3n) is 2.79. The number of aromatic nitrogens is 2. The monoisotopic (exact) mass is 238 g/mol. The molecule has 0 saturated heterocycles. The second-order valence-corrected chi connectivity index (χ2v) is 4.16. The summed E-state index contributed by atoms with van der Waals surface area (Å²) < 4.78 is 0. The zero-order chi connectivity index (χ0) is 13.1. The van der Waals surface area contributed by atoms with Gasteiger partial charge in [-0.15, -0.1) is 0 Å². The van der Waals surface area contributed by atoms with E-state index in [0.29, 0.717) is 11.4 Å². The summed E-state index contributed by atoms with van der Waals surface area (Å²) in [5.74, 6) is 0.669. The molecule has 0 radical (unpaired) electrons. The van der Waals surface area contributed by atoms with Crippen LogP contribution in [0.4, 0.5) is 11.5 Å². The molecule has 0 atom stereocenters. The van der Waals surface area contributed by atoms with Gasteiger partial charge in [-0.2, -0.15) is 5.26 Å². The first-order valence-corrected chi connectivity index (χ1v) is 5.65. The van der Waals surface area contributed by atoms with Gasteiger partial charge in [-0.05, 0) is 37.6 Å². The predicted octanol–water partition coefficient (Wildman–Crippen LogP) is 2.73. The fourth-order valence-corrected chi connectivity index (χ4v) is 1.87. The maximum absolute atomic E-state index is 9.25. The van der Waals surface area contributed by atoms with Crippen molar-refractivity contribution in [2.45, 2.75) is 13.8 Å². The zero-order valence-corrected chi connectivity index (χ0v) is 10.7. The standard InChI is InChI=1S/C14H14N4/c1-10-7-11(2)17-14(13(10)8-15)18(3)12-5-4-6-16-9-12/h4-7,9H,1-3H3. The van der Waals surface area contributed by atoms with Gasteiger partial charge in [0.1, 0.15) is 6.07 Å². The van der Waals surface area contributed by atoms with Crippen molar-refractivity contribution in [3.63, 3.8) is 0 Å². The van der Waals surface area contributed by atoms with Crippen LogP contribution in [0.3, 0.4) is 0 Å². The molecule has 0 unspecified atom stereocenters. The van der Waals surface area contributed by atoms with E-state index < -0.39 is 0 Å². The van der Waals surface area contributed by atoms with Gasteiger partial charge in [0.15, 0.2) is 5.82 Å². The highest BCUT2D eigenvalue weighted by atomic mass is 15.2. The van der Waals surface area contributed by atoms with Crippen LogP contribution >= 0.6 is 0 Å². The fourth-order valence-electron chi connectivity index (χ4n) is 1.87. The summed E-state index contributed by atoms with van der Waals surface area (Å²) in [4.78, 5) is 10.4. The highest BCUT2D eigenvalue weighted by Gasteiger charge is 2.13. The van der Waals surface area contributed by atoms with Crippen molar-refractivity contribution in [3.8, 4) is 6.07 Å². The van der Waals surface area contributed by atoms with Gasteiger partial charge >= 0.3 is 0 Å². The molecule has 0 aromatic carbocycles. The topological polar surface area (TPSA) is 52.8 Å².